The quantitative estimate of drug-likeness (QED) is 0.878. The molecule has 6 nitrogen and oxygen atoms in total. The summed E-state index contributed by atoms with van der Waals surface area (Å²) in [5.74, 6) is 0.455. The topological polar surface area (TPSA) is 72.6 Å². The zero-order valence-corrected chi connectivity index (χ0v) is 16.4. The van der Waals surface area contributed by atoms with Crippen LogP contribution in [-0.2, 0) is 4.74 Å². The molecular weight excluding hydrogens is 352 g/mol. The van der Waals surface area contributed by atoms with Gasteiger partial charge in [0.05, 0.1) is 23.3 Å². The van der Waals surface area contributed by atoms with Crippen molar-refractivity contribution in [1.82, 2.24) is 9.88 Å². The molecule has 2 aliphatic heterocycles. The minimum absolute atomic E-state index is 0.149. The summed E-state index contributed by atoms with van der Waals surface area (Å²) in [6, 6.07) is 10.1. The monoisotopic (exact) mass is 380 g/mol. The van der Waals surface area contributed by atoms with Gasteiger partial charge in [-0.25, -0.2) is 0 Å². The van der Waals surface area contributed by atoms with Crippen molar-refractivity contribution in [2.75, 3.05) is 44.2 Å². The highest BCUT2D eigenvalue weighted by atomic mass is 16.5. The Morgan fingerprint density at radius 1 is 1.25 bits per heavy atom. The van der Waals surface area contributed by atoms with Crippen molar-refractivity contribution in [3.05, 3.63) is 36.0 Å². The van der Waals surface area contributed by atoms with Crippen LogP contribution in [0.2, 0.25) is 0 Å². The van der Waals surface area contributed by atoms with Crippen molar-refractivity contribution >= 4 is 16.6 Å². The van der Waals surface area contributed by atoms with Crippen molar-refractivity contribution in [3.63, 3.8) is 0 Å². The van der Waals surface area contributed by atoms with Gasteiger partial charge in [-0.1, -0.05) is 0 Å². The minimum atomic E-state index is 0.149. The smallest absolute Gasteiger partial charge is 0.101 e. The van der Waals surface area contributed by atoms with Crippen LogP contribution in [0.4, 0.5) is 5.69 Å². The van der Waals surface area contributed by atoms with Gasteiger partial charge >= 0.3 is 0 Å². The van der Waals surface area contributed by atoms with E-state index in [1.165, 1.54) is 0 Å². The Morgan fingerprint density at radius 2 is 2.07 bits per heavy atom. The van der Waals surface area contributed by atoms with Gasteiger partial charge in [-0.3, -0.25) is 4.98 Å². The van der Waals surface area contributed by atoms with Gasteiger partial charge in [-0.15, -0.1) is 0 Å². The number of rotatable bonds is 4. The molecule has 2 fully saturated rings. The fourth-order valence-corrected chi connectivity index (χ4v) is 4.51. The van der Waals surface area contributed by atoms with Gasteiger partial charge in [0.2, 0.25) is 0 Å². The summed E-state index contributed by atoms with van der Waals surface area (Å²) in [5.41, 5.74) is 2.51. The number of likely N-dealkylation sites (tertiary alicyclic amines) is 1. The van der Waals surface area contributed by atoms with E-state index in [4.69, 9.17) is 4.74 Å². The summed E-state index contributed by atoms with van der Waals surface area (Å²) in [7, 11) is 0. The zero-order valence-electron chi connectivity index (χ0n) is 16.4. The lowest BCUT2D eigenvalue weighted by molar-refractivity contribution is -0.0370. The van der Waals surface area contributed by atoms with E-state index in [0.29, 0.717) is 18.1 Å². The van der Waals surface area contributed by atoms with E-state index in [-0.39, 0.29) is 12.2 Å². The fourth-order valence-electron chi connectivity index (χ4n) is 4.51. The molecule has 2 atom stereocenters. The third-order valence-corrected chi connectivity index (χ3v) is 5.96. The Balaban J connectivity index is 1.51. The molecule has 0 amide bonds. The molecule has 1 aromatic carbocycles. The van der Waals surface area contributed by atoms with E-state index < -0.39 is 0 Å². The standard InChI is InChI=1S/C22H28N4O2/c1-16-12-26(14-19(28-16)13-25-9-6-17(15-27)7-10-25)21-5-4-18(11-23)22-20(21)3-2-8-24-22/h2-5,8,16-17,19,27H,6-7,9-10,12-15H2,1H3/t16-,19+/m1/s1. The molecule has 2 aliphatic rings. The molecule has 28 heavy (non-hydrogen) atoms. The molecule has 4 rings (SSSR count). The second-order valence-electron chi connectivity index (χ2n) is 8.04. The van der Waals surface area contributed by atoms with Crippen LogP contribution in [0.15, 0.2) is 30.5 Å². The molecule has 0 unspecified atom stereocenters. The maximum absolute atomic E-state index is 9.39. The Labute approximate surface area is 166 Å². The molecule has 3 heterocycles. The number of benzene rings is 1. The van der Waals surface area contributed by atoms with Gasteiger partial charge in [0.25, 0.3) is 0 Å². The number of nitrogens with zero attached hydrogens (tertiary/aromatic N) is 4. The van der Waals surface area contributed by atoms with Crippen LogP contribution in [0.1, 0.15) is 25.3 Å². The van der Waals surface area contributed by atoms with Gasteiger partial charge in [0.1, 0.15) is 6.07 Å². The molecule has 2 saturated heterocycles. The maximum atomic E-state index is 9.39. The minimum Gasteiger partial charge on any atom is -0.396 e. The van der Waals surface area contributed by atoms with Gasteiger partial charge in [0, 0.05) is 43.5 Å². The highest BCUT2D eigenvalue weighted by Crippen LogP contribution is 2.30. The second kappa shape index (κ2) is 8.44. The first kappa shape index (κ1) is 19.1. The van der Waals surface area contributed by atoms with Gasteiger partial charge in [-0.2, -0.15) is 5.26 Å². The molecule has 0 saturated carbocycles. The van der Waals surface area contributed by atoms with Crippen molar-refractivity contribution in [3.8, 4) is 6.07 Å². The number of aromatic nitrogens is 1. The molecule has 1 N–H and O–H groups in total. The summed E-state index contributed by atoms with van der Waals surface area (Å²) in [6.07, 6.45) is 4.17. The lowest BCUT2D eigenvalue weighted by Crippen LogP contribution is -2.52. The van der Waals surface area contributed by atoms with Crippen molar-refractivity contribution < 1.29 is 9.84 Å². The van der Waals surface area contributed by atoms with Crippen LogP contribution < -0.4 is 4.90 Å². The summed E-state index contributed by atoms with van der Waals surface area (Å²) < 4.78 is 6.25. The summed E-state index contributed by atoms with van der Waals surface area (Å²) in [5, 5.41) is 19.8. The number of hydrogen-bond donors (Lipinski definition) is 1. The molecule has 2 aromatic rings. The number of ether oxygens (including phenoxy) is 1. The van der Waals surface area contributed by atoms with Gasteiger partial charge in [0.15, 0.2) is 0 Å². The molecule has 0 aliphatic carbocycles. The van der Waals surface area contributed by atoms with Crippen LogP contribution in [0, 0.1) is 17.2 Å². The average molecular weight is 380 g/mol. The molecule has 148 valence electrons. The van der Waals surface area contributed by atoms with Crippen molar-refractivity contribution in [2.45, 2.75) is 32.0 Å². The van der Waals surface area contributed by atoms with E-state index in [2.05, 4.69) is 27.8 Å². The largest absolute Gasteiger partial charge is 0.396 e. The molecule has 0 spiro atoms. The first-order valence-electron chi connectivity index (χ1n) is 10.2. The predicted octanol–water partition coefficient (Wildman–Crippen LogP) is 2.40. The number of fused-ring (bicyclic) bond motifs is 1. The Bertz CT molecular complexity index is 857. The Kier molecular flexibility index (Phi) is 5.77. The summed E-state index contributed by atoms with van der Waals surface area (Å²) >= 11 is 0. The maximum Gasteiger partial charge on any atom is 0.101 e. The summed E-state index contributed by atoms with van der Waals surface area (Å²) in [4.78, 5) is 9.29. The van der Waals surface area contributed by atoms with Crippen molar-refractivity contribution in [1.29, 1.82) is 5.26 Å². The van der Waals surface area contributed by atoms with Crippen LogP contribution in [0.3, 0.4) is 0 Å². The Hall–Kier alpha value is -2.20. The number of pyridine rings is 1. The van der Waals surface area contributed by atoms with E-state index in [0.717, 1.165) is 62.2 Å². The van der Waals surface area contributed by atoms with E-state index >= 15 is 0 Å². The van der Waals surface area contributed by atoms with Crippen LogP contribution >= 0.6 is 0 Å². The second-order valence-corrected chi connectivity index (χ2v) is 8.04. The normalized spacial score (nSPS) is 24.4. The number of piperidine rings is 1. The number of nitriles is 1. The first-order chi connectivity index (χ1) is 13.7. The highest BCUT2D eigenvalue weighted by Gasteiger charge is 2.29. The number of morpholine rings is 1. The lowest BCUT2D eigenvalue weighted by Gasteiger charge is -2.41. The molecular formula is C22H28N4O2. The third-order valence-electron chi connectivity index (χ3n) is 5.96. The van der Waals surface area contributed by atoms with E-state index in [9.17, 15) is 10.4 Å². The van der Waals surface area contributed by atoms with Gasteiger partial charge < -0.3 is 19.6 Å². The van der Waals surface area contributed by atoms with Crippen molar-refractivity contribution in [2.24, 2.45) is 5.92 Å². The average Bonchev–Trinajstić information content (AvgIpc) is 2.73. The highest BCUT2D eigenvalue weighted by molar-refractivity contribution is 5.95. The summed E-state index contributed by atoms with van der Waals surface area (Å²) in [6.45, 7) is 7.08. The van der Waals surface area contributed by atoms with E-state index in [1.54, 1.807) is 6.20 Å². The third kappa shape index (κ3) is 3.97. The predicted molar refractivity (Wildman–Crippen MR) is 109 cm³/mol. The lowest BCUT2D eigenvalue weighted by atomic mass is 9.97. The number of aliphatic hydroxyl groups excluding tert-OH is 1. The van der Waals surface area contributed by atoms with Crippen LogP contribution in [0.25, 0.3) is 10.9 Å². The molecule has 0 radical (unpaired) electrons. The van der Waals surface area contributed by atoms with Crippen LogP contribution in [0.5, 0.6) is 0 Å². The SMILES string of the molecule is C[C@@H]1CN(c2ccc(C#N)c3ncccc23)C[C@H](CN2CCC(CO)CC2)O1. The first-order valence-corrected chi connectivity index (χ1v) is 10.2. The fraction of sp³-hybridized carbons (Fsp3) is 0.545. The Morgan fingerprint density at radius 3 is 2.82 bits per heavy atom. The van der Waals surface area contributed by atoms with Gasteiger partial charge in [-0.05, 0) is 63.0 Å². The van der Waals surface area contributed by atoms with E-state index in [1.807, 2.05) is 24.3 Å². The molecule has 1 aromatic heterocycles. The number of anilines is 1. The van der Waals surface area contributed by atoms with Crippen LogP contribution in [-0.4, -0.2) is 66.5 Å². The number of aliphatic hydroxyl groups is 1. The zero-order chi connectivity index (χ0) is 19.5. The number of hydrogen-bond acceptors (Lipinski definition) is 6. The molecule has 6 heteroatoms. The molecule has 0 bridgehead atoms.